The van der Waals surface area contributed by atoms with Crippen molar-refractivity contribution in [3.63, 3.8) is 0 Å². The van der Waals surface area contributed by atoms with Crippen molar-refractivity contribution in [2.24, 2.45) is 82.9 Å². The van der Waals surface area contributed by atoms with Crippen molar-refractivity contribution in [3.05, 3.63) is 29.8 Å². The first-order valence-electron chi connectivity index (χ1n) is 41.3. The second-order valence-electron chi connectivity index (χ2n) is 34.0. The Bertz CT molecular complexity index is 3480. The van der Waals surface area contributed by atoms with Crippen LogP contribution in [0.15, 0.2) is 24.3 Å². The van der Waals surface area contributed by atoms with E-state index in [0.717, 1.165) is 19.2 Å². The van der Waals surface area contributed by atoms with Crippen LogP contribution in [0.1, 0.15) is 286 Å². The molecule has 3 fully saturated rings. The molecule has 115 heavy (non-hydrogen) atoms. The minimum Gasteiger partial charge on any atom is -0.356 e. The zero-order valence-electron chi connectivity index (χ0n) is 74.3. The van der Waals surface area contributed by atoms with Gasteiger partial charge in [0, 0.05) is 179 Å². The maximum absolute atomic E-state index is 12.3. The third kappa shape index (κ3) is 44.7. The molecular formula is C87H144N6O20S2. The number of thioether (sulfide) groups is 1. The number of carbonyl (C=O) groups excluding carboxylic acids is 17. The summed E-state index contributed by atoms with van der Waals surface area (Å²) in [6.45, 7) is 48.7. The standard InChI is InChI=1S/C25H39N3O7.C15H21NO2.C14H23NO3.C13H21NO3.C12H24O4S2.C8H16O/c1-16(2)20-14-24(34)28(25(20)35)13-5-6-18(29)7-9-23(33)27-15-19(30)8-10-22(32)26-12-11-21(31)17(3)4;1-10(2)9-14(17)16-13-7-5-12(6-8-13)15(18)11(3)4;1-9(2)11-8-13(17)15(14(11)18)7-5-6-12(16)10(3)4;1-8(2)10-7-12(16)14(13(10)17)6-5-11(15)9(3)4;1-8(2)12(13)11(18(14,15)16-6)7-10(5)17-9(3)4;1-6(2)5-8(9)7(3)4/h16-17,20H,5-15H2,1-4H3,(H,26,32)(H,27,33);5-8,10-11H,9H2,1-4H3,(H,16,17);9-11H,5-8H2,1-4H3;8-10H,5-7H2,1-4H3;8-11H,7H2,1-6H3;6-7H,5H2,1-4H3. The predicted octanol–water partition coefficient (Wildman–Crippen LogP) is 13.2. The first-order valence-corrected chi connectivity index (χ1v) is 43.7. The molecule has 26 nitrogen and oxygen atoms in total. The highest BCUT2D eigenvalue weighted by Crippen LogP contribution is 2.30. The van der Waals surface area contributed by atoms with E-state index in [1.54, 1.807) is 63.7 Å². The smallest absolute Gasteiger partial charge is 0.277 e. The number of anilines is 1. The Morgan fingerprint density at radius 1 is 0.435 bits per heavy atom. The molecular weight excluding hydrogens is 1510 g/mol. The van der Waals surface area contributed by atoms with Crippen molar-refractivity contribution in [3.8, 4) is 0 Å². The van der Waals surface area contributed by atoms with Gasteiger partial charge in [0.2, 0.25) is 53.2 Å². The van der Waals surface area contributed by atoms with Crippen molar-refractivity contribution in [1.29, 1.82) is 0 Å². The van der Waals surface area contributed by atoms with Gasteiger partial charge in [-0.3, -0.25) is 100 Å². The van der Waals surface area contributed by atoms with Gasteiger partial charge in [-0.25, -0.2) is 0 Å². The normalized spacial score (nSPS) is 16.1. The third-order valence-electron chi connectivity index (χ3n) is 19.2. The van der Waals surface area contributed by atoms with Gasteiger partial charge >= 0.3 is 0 Å². The Morgan fingerprint density at radius 3 is 1.19 bits per heavy atom. The van der Waals surface area contributed by atoms with Crippen LogP contribution < -0.4 is 16.0 Å². The lowest BCUT2D eigenvalue weighted by Gasteiger charge is -2.21. The van der Waals surface area contributed by atoms with E-state index in [1.165, 1.54) is 14.7 Å². The van der Waals surface area contributed by atoms with Crippen molar-refractivity contribution in [1.82, 2.24) is 25.3 Å². The van der Waals surface area contributed by atoms with Gasteiger partial charge in [-0.2, -0.15) is 20.2 Å². The maximum atomic E-state index is 12.3. The molecule has 0 aliphatic carbocycles. The number of carbonyl (C=O) groups is 17. The molecule has 5 unspecified atom stereocenters. The molecule has 1 aromatic carbocycles. The summed E-state index contributed by atoms with van der Waals surface area (Å²) in [6.07, 6.45) is 4.34. The Hall–Kier alpha value is -7.33. The summed E-state index contributed by atoms with van der Waals surface area (Å²) < 4.78 is 28.1. The quantitative estimate of drug-likeness (QED) is 0.0310. The molecule has 4 rings (SSSR count). The zero-order valence-corrected chi connectivity index (χ0v) is 75.9. The maximum Gasteiger partial charge on any atom is 0.277 e. The van der Waals surface area contributed by atoms with Gasteiger partial charge < -0.3 is 16.0 Å². The molecule has 3 aliphatic rings. The number of imide groups is 3. The van der Waals surface area contributed by atoms with E-state index in [9.17, 15) is 89.9 Å². The zero-order chi connectivity index (χ0) is 89.2. The van der Waals surface area contributed by atoms with E-state index < -0.39 is 21.3 Å². The van der Waals surface area contributed by atoms with Crippen LogP contribution >= 0.6 is 11.8 Å². The SMILES string of the molecule is CC(C)C(=O)CCCN1C(=O)CC(C(C)C)C1=O.CC(C)C(=O)CCN1C(=O)CC(C(C)C)C1=O.CC(C)C(=O)CCNC(=O)CCC(=O)CNC(=O)CCC(=O)CCCN1C(=O)CC(C(C)C)C1=O.CC(C)CC(=O)C(C)C.CC(C)CC(=O)Nc1ccc(C(=O)C(C)C)cc1.COS(=O)(=O)C(CC(C)SC(C)C)C(=O)C(C)C. The number of amides is 9. The summed E-state index contributed by atoms with van der Waals surface area (Å²) in [4.78, 5) is 204. The topological polar surface area (TPSA) is 379 Å². The predicted molar refractivity (Wildman–Crippen MR) is 450 cm³/mol. The van der Waals surface area contributed by atoms with Crippen molar-refractivity contribution < 1.29 is 94.1 Å². The number of likely N-dealkylation sites (tertiary alicyclic amines) is 3. The largest absolute Gasteiger partial charge is 0.356 e. The van der Waals surface area contributed by atoms with Gasteiger partial charge in [0.05, 0.1) is 13.7 Å². The van der Waals surface area contributed by atoms with E-state index in [-0.39, 0.29) is 242 Å². The van der Waals surface area contributed by atoms with E-state index >= 15 is 0 Å². The van der Waals surface area contributed by atoms with Crippen LogP contribution in [0.25, 0.3) is 0 Å². The Balaban J connectivity index is 0. The molecule has 0 radical (unpaired) electrons. The van der Waals surface area contributed by atoms with Gasteiger partial charge in [-0.05, 0) is 78.4 Å². The van der Waals surface area contributed by atoms with Crippen molar-refractivity contribution in [2.75, 3.05) is 45.2 Å². The lowest BCUT2D eigenvalue weighted by molar-refractivity contribution is -0.141. The second kappa shape index (κ2) is 56.1. The second-order valence-corrected chi connectivity index (χ2v) is 37.9. The fraction of sp³-hybridized carbons (Fsp3) is 0.736. The minimum atomic E-state index is -3.80. The highest BCUT2D eigenvalue weighted by molar-refractivity contribution is 8.00. The van der Waals surface area contributed by atoms with Gasteiger partial charge in [-0.1, -0.05) is 173 Å². The molecule has 3 saturated heterocycles. The van der Waals surface area contributed by atoms with Crippen LogP contribution in [0.2, 0.25) is 0 Å². The average Bonchev–Trinajstić information content (AvgIpc) is 1.65. The number of ketones is 8. The Labute approximate surface area is 692 Å². The van der Waals surface area contributed by atoms with E-state index in [2.05, 4.69) is 34.0 Å². The fourth-order valence-corrected chi connectivity index (χ4v) is 14.4. The van der Waals surface area contributed by atoms with Crippen LogP contribution in [0.3, 0.4) is 0 Å². The number of nitrogens with zero attached hydrogens (tertiary/aromatic N) is 3. The molecule has 9 amide bonds. The first-order chi connectivity index (χ1) is 53.1. The summed E-state index contributed by atoms with van der Waals surface area (Å²) in [6, 6.07) is 7.06. The average molecular weight is 1660 g/mol. The van der Waals surface area contributed by atoms with Gasteiger partial charge in [-0.15, -0.1) is 0 Å². The van der Waals surface area contributed by atoms with E-state index in [0.29, 0.717) is 79.9 Å². The molecule has 1 aromatic rings. The number of Topliss-reactive ketones (excluding diaryl/α,β-unsaturated/α-hetero) is 8. The van der Waals surface area contributed by atoms with Gasteiger partial charge in [0.15, 0.2) is 17.3 Å². The number of rotatable bonds is 44. The summed E-state index contributed by atoms with van der Waals surface area (Å²) in [5.74, 6) is -0.970. The summed E-state index contributed by atoms with van der Waals surface area (Å²) in [5, 5.41) is 7.30. The monoisotopic (exact) mass is 1660 g/mol. The molecule has 3 aliphatic heterocycles. The van der Waals surface area contributed by atoms with E-state index in [1.807, 2.05) is 132 Å². The molecule has 0 spiro atoms. The molecule has 3 N–H and O–H groups in total. The molecule has 3 heterocycles. The Kier molecular flexibility index (Phi) is 53.6. The van der Waals surface area contributed by atoms with Gasteiger partial charge in [0.1, 0.15) is 34.2 Å². The molecule has 0 aromatic heterocycles. The highest BCUT2D eigenvalue weighted by atomic mass is 32.2. The summed E-state index contributed by atoms with van der Waals surface area (Å²) in [7, 11) is -2.69. The third-order valence-corrected chi connectivity index (χ3v) is 22.0. The number of hydrogen-bond donors (Lipinski definition) is 3. The Morgan fingerprint density at radius 2 is 0.826 bits per heavy atom. The van der Waals surface area contributed by atoms with Crippen LogP contribution in [0.4, 0.5) is 5.69 Å². The van der Waals surface area contributed by atoms with Crippen molar-refractivity contribution >= 4 is 127 Å². The molecule has 0 saturated carbocycles. The molecule has 28 heteroatoms. The number of nitrogens with one attached hydrogen (secondary N) is 3. The number of benzene rings is 1. The lowest BCUT2D eigenvalue weighted by atomic mass is 9.94. The highest BCUT2D eigenvalue weighted by Gasteiger charge is 2.42. The van der Waals surface area contributed by atoms with Crippen LogP contribution in [-0.4, -0.2) is 178 Å². The number of hydrogen-bond acceptors (Lipinski definition) is 21. The van der Waals surface area contributed by atoms with Crippen LogP contribution in [0, 0.1) is 82.9 Å². The minimum absolute atomic E-state index is 0.00735. The van der Waals surface area contributed by atoms with Gasteiger partial charge in [0.25, 0.3) is 10.1 Å². The van der Waals surface area contributed by atoms with Crippen LogP contribution in [-0.2, 0) is 91.0 Å². The molecule has 0 bridgehead atoms. The van der Waals surface area contributed by atoms with Crippen LogP contribution in [0.5, 0.6) is 0 Å². The summed E-state index contributed by atoms with van der Waals surface area (Å²) in [5.41, 5.74) is 1.42. The summed E-state index contributed by atoms with van der Waals surface area (Å²) >= 11 is 1.67. The molecule has 5 atom stereocenters. The van der Waals surface area contributed by atoms with Crippen molar-refractivity contribution in [2.45, 2.75) is 292 Å². The van der Waals surface area contributed by atoms with E-state index in [4.69, 9.17) is 0 Å². The molecule has 654 valence electrons. The first kappa shape index (κ1) is 110. The lowest BCUT2D eigenvalue weighted by Crippen LogP contribution is -2.36. The fourth-order valence-electron chi connectivity index (χ4n) is 11.7.